The molecule has 0 bridgehead atoms. The fraction of sp³-hybridized carbons (Fsp3) is 0.263. The molecule has 2 rings (SSSR count). The number of benzene rings is 2. The maximum absolute atomic E-state index is 12.6. The maximum Gasteiger partial charge on any atom is 0.335 e. The first-order chi connectivity index (χ1) is 12.5. The number of carbonyl (C=O) groups excluding carboxylic acids is 1. The molecule has 0 aliphatic carbocycles. The number of nitrogens with one attached hydrogen (secondary N) is 1. The van der Waals surface area contributed by atoms with Crippen molar-refractivity contribution in [2.45, 2.75) is 20.8 Å². The lowest BCUT2D eigenvalue weighted by Crippen LogP contribution is -2.17. The molecule has 0 aromatic heterocycles. The monoisotopic (exact) mass is 429 g/mol. The fourth-order valence-corrected chi connectivity index (χ4v) is 2.85. The van der Waals surface area contributed by atoms with Gasteiger partial charge in [-0.2, -0.15) is 0 Å². The van der Waals surface area contributed by atoms with Crippen molar-refractivity contribution in [1.82, 2.24) is 0 Å². The molecular formula is C19H18Cl3NO4. The standard InChI is InChI=1S/C19H18Cl3NO4/c1-19(2,3)9-27-11-4-5-13(20)12(8-11)17(24)23-16-14(21)6-10(18(25)26)7-15(16)22/h4-8H,9H2,1-3H3,(H,23,24)(H,25,26). The highest BCUT2D eigenvalue weighted by Gasteiger charge is 2.18. The van der Waals surface area contributed by atoms with Crippen molar-refractivity contribution in [3.8, 4) is 5.75 Å². The molecule has 1 amide bonds. The highest BCUT2D eigenvalue weighted by Crippen LogP contribution is 2.33. The molecule has 5 nitrogen and oxygen atoms in total. The van der Waals surface area contributed by atoms with Crippen LogP contribution in [0.3, 0.4) is 0 Å². The summed E-state index contributed by atoms with van der Waals surface area (Å²) in [7, 11) is 0. The summed E-state index contributed by atoms with van der Waals surface area (Å²) in [5.41, 5.74) is 0.149. The smallest absolute Gasteiger partial charge is 0.335 e. The SMILES string of the molecule is CC(C)(C)COc1ccc(Cl)c(C(=O)Nc2c(Cl)cc(C(=O)O)cc2Cl)c1. The van der Waals surface area contributed by atoms with Crippen molar-refractivity contribution in [2.75, 3.05) is 11.9 Å². The number of aromatic carboxylic acids is 1. The second-order valence-corrected chi connectivity index (χ2v) is 8.29. The fourth-order valence-electron chi connectivity index (χ4n) is 2.06. The lowest BCUT2D eigenvalue weighted by atomic mass is 9.99. The summed E-state index contributed by atoms with van der Waals surface area (Å²) in [6.45, 7) is 6.55. The third kappa shape index (κ3) is 5.76. The number of carboxylic acids is 1. The van der Waals surface area contributed by atoms with Gasteiger partial charge in [-0.15, -0.1) is 0 Å². The Morgan fingerprint density at radius 1 is 1.04 bits per heavy atom. The Morgan fingerprint density at radius 3 is 2.15 bits per heavy atom. The first-order valence-corrected chi connectivity index (χ1v) is 9.07. The Morgan fingerprint density at radius 2 is 1.63 bits per heavy atom. The van der Waals surface area contributed by atoms with Crippen molar-refractivity contribution >= 4 is 52.4 Å². The van der Waals surface area contributed by atoms with Gasteiger partial charge >= 0.3 is 5.97 Å². The van der Waals surface area contributed by atoms with Crippen LogP contribution in [0.2, 0.25) is 15.1 Å². The van der Waals surface area contributed by atoms with E-state index in [1.54, 1.807) is 12.1 Å². The third-order valence-electron chi connectivity index (χ3n) is 3.38. The summed E-state index contributed by atoms with van der Waals surface area (Å²) >= 11 is 18.3. The number of hydrogen-bond donors (Lipinski definition) is 2. The van der Waals surface area contributed by atoms with Gasteiger partial charge in [-0.1, -0.05) is 55.6 Å². The topological polar surface area (TPSA) is 75.6 Å². The Bertz CT molecular complexity index is 868. The van der Waals surface area contributed by atoms with Crippen molar-refractivity contribution in [3.05, 3.63) is 56.5 Å². The molecule has 0 saturated heterocycles. The molecule has 0 atom stereocenters. The van der Waals surface area contributed by atoms with Crippen LogP contribution in [0, 0.1) is 5.41 Å². The second-order valence-electron chi connectivity index (χ2n) is 7.07. The van der Waals surface area contributed by atoms with Crippen molar-refractivity contribution in [3.63, 3.8) is 0 Å². The number of anilines is 1. The number of hydrogen-bond acceptors (Lipinski definition) is 3. The number of rotatable bonds is 5. The van der Waals surface area contributed by atoms with Crippen molar-refractivity contribution < 1.29 is 19.4 Å². The largest absolute Gasteiger partial charge is 0.493 e. The van der Waals surface area contributed by atoms with E-state index >= 15 is 0 Å². The quantitative estimate of drug-likeness (QED) is 0.608. The average Bonchev–Trinajstić information content (AvgIpc) is 2.56. The summed E-state index contributed by atoms with van der Waals surface area (Å²) < 4.78 is 5.70. The van der Waals surface area contributed by atoms with Gasteiger partial charge in [-0.05, 0) is 35.7 Å². The molecule has 0 radical (unpaired) electrons. The number of amides is 1. The van der Waals surface area contributed by atoms with Crippen LogP contribution in [0.25, 0.3) is 0 Å². The number of halogens is 3. The van der Waals surface area contributed by atoms with E-state index in [0.717, 1.165) is 0 Å². The summed E-state index contributed by atoms with van der Waals surface area (Å²) in [6, 6.07) is 7.17. The lowest BCUT2D eigenvalue weighted by Gasteiger charge is -2.19. The number of ether oxygens (including phenoxy) is 1. The van der Waals surface area contributed by atoms with Crippen LogP contribution < -0.4 is 10.1 Å². The van der Waals surface area contributed by atoms with Crippen LogP contribution in [0.4, 0.5) is 5.69 Å². The molecule has 27 heavy (non-hydrogen) atoms. The van der Waals surface area contributed by atoms with Crippen molar-refractivity contribution in [2.24, 2.45) is 5.41 Å². The van der Waals surface area contributed by atoms with Crippen molar-refractivity contribution in [1.29, 1.82) is 0 Å². The van der Waals surface area contributed by atoms with Gasteiger partial charge in [0.2, 0.25) is 0 Å². The Labute approximate surface area is 172 Å². The zero-order chi connectivity index (χ0) is 20.4. The van der Waals surface area contributed by atoms with Crippen LogP contribution in [-0.2, 0) is 0 Å². The predicted molar refractivity (Wildman–Crippen MR) is 108 cm³/mol. The van der Waals surface area contributed by atoms with Crippen LogP contribution in [-0.4, -0.2) is 23.6 Å². The summed E-state index contributed by atoms with van der Waals surface area (Å²) in [4.78, 5) is 23.7. The van der Waals surface area contributed by atoms with Crippen LogP contribution in [0.5, 0.6) is 5.75 Å². The van der Waals surface area contributed by atoms with Gasteiger partial charge in [-0.25, -0.2) is 4.79 Å². The Hall–Kier alpha value is -1.95. The van der Waals surface area contributed by atoms with Gasteiger partial charge in [0.05, 0.1) is 38.5 Å². The molecule has 0 aliphatic heterocycles. The third-order valence-corrected chi connectivity index (χ3v) is 4.31. The number of carbonyl (C=O) groups is 2. The summed E-state index contributed by atoms with van der Waals surface area (Å²) in [6.07, 6.45) is 0. The molecule has 144 valence electrons. The first kappa shape index (κ1) is 21.4. The van der Waals surface area contributed by atoms with Gasteiger partial charge in [0, 0.05) is 0 Å². The van der Waals surface area contributed by atoms with E-state index in [0.29, 0.717) is 12.4 Å². The highest BCUT2D eigenvalue weighted by atomic mass is 35.5. The molecule has 0 saturated carbocycles. The minimum atomic E-state index is -1.18. The van der Waals surface area contributed by atoms with E-state index in [-0.39, 0.29) is 37.3 Å². The maximum atomic E-state index is 12.6. The minimum Gasteiger partial charge on any atom is -0.493 e. The molecule has 2 N–H and O–H groups in total. The summed E-state index contributed by atoms with van der Waals surface area (Å²) in [5.74, 6) is -1.23. The van der Waals surface area contributed by atoms with Gasteiger partial charge < -0.3 is 15.2 Å². The predicted octanol–water partition coefficient (Wildman–Crippen LogP) is 6.02. The van der Waals surface area contributed by atoms with E-state index < -0.39 is 11.9 Å². The van der Waals surface area contributed by atoms with Gasteiger partial charge in [0.1, 0.15) is 5.75 Å². The van der Waals surface area contributed by atoms with Gasteiger partial charge in [0.25, 0.3) is 5.91 Å². The lowest BCUT2D eigenvalue weighted by molar-refractivity contribution is 0.0696. The Kier molecular flexibility index (Phi) is 6.63. The zero-order valence-electron chi connectivity index (χ0n) is 14.9. The molecule has 0 aliphatic rings. The van der Waals surface area contributed by atoms with Crippen LogP contribution in [0.1, 0.15) is 41.5 Å². The minimum absolute atomic E-state index is 0.00418. The van der Waals surface area contributed by atoms with E-state index in [9.17, 15) is 9.59 Å². The molecule has 0 spiro atoms. The normalized spacial score (nSPS) is 11.2. The van der Waals surface area contributed by atoms with Crippen LogP contribution in [0.15, 0.2) is 30.3 Å². The molecule has 0 heterocycles. The number of carboxylic acid groups (broad SMARTS) is 1. The highest BCUT2D eigenvalue weighted by molar-refractivity contribution is 6.41. The molecule has 0 fully saturated rings. The van der Waals surface area contributed by atoms with E-state index in [2.05, 4.69) is 5.32 Å². The molecule has 2 aromatic rings. The molecule has 2 aromatic carbocycles. The zero-order valence-corrected chi connectivity index (χ0v) is 17.2. The average molecular weight is 431 g/mol. The molecule has 0 unspecified atom stereocenters. The van der Waals surface area contributed by atoms with E-state index in [4.69, 9.17) is 44.6 Å². The molecule has 8 heteroatoms. The summed E-state index contributed by atoms with van der Waals surface area (Å²) in [5, 5.41) is 11.8. The molecular weight excluding hydrogens is 413 g/mol. The van der Waals surface area contributed by atoms with Crippen LogP contribution >= 0.6 is 34.8 Å². The Balaban J connectivity index is 2.27. The van der Waals surface area contributed by atoms with Gasteiger partial charge in [-0.3, -0.25) is 4.79 Å². The first-order valence-electron chi connectivity index (χ1n) is 7.94. The second kappa shape index (κ2) is 8.38. The van der Waals surface area contributed by atoms with Gasteiger partial charge in [0.15, 0.2) is 0 Å². The van der Waals surface area contributed by atoms with E-state index in [1.165, 1.54) is 18.2 Å². The van der Waals surface area contributed by atoms with E-state index in [1.807, 2.05) is 20.8 Å².